The van der Waals surface area contributed by atoms with Crippen molar-refractivity contribution in [1.29, 1.82) is 0 Å². The third kappa shape index (κ3) is 11.8. The summed E-state index contributed by atoms with van der Waals surface area (Å²) in [6.07, 6.45) is 0.875. The molecule has 0 saturated heterocycles. The topological polar surface area (TPSA) is 20.2 Å². The molecule has 0 aromatic heterocycles. The van der Waals surface area contributed by atoms with Crippen molar-refractivity contribution < 1.29 is 5.11 Å². The summed E-state index contributed by atoms with van der Waals surface area (Å²) in [6, 6.07) is 0. The van der Waals surface area contributed by atoms with Crippen LogP contribution in [0.1, 0.15) is 13.3 Å². The molecule has 2 heteroatoms. The van der Waals surface area contributed by atoms with Gasteiger partial charge in [0, 0.05) is 6.61 Å². The first-order chi connectivity index (χ1) is 1.91. The van der Waals surface area contributed by atoms with Gasteiger partial charge in [-0.1, -0.05) is 6.92 Å². The van der Waals surface area contributed by atoms with Gasteiger partial charge in [-0.3, -0.25) is 0 Å². The predicted octanol–water partition coefficient (Wildman–Crippen LogP) is -0.528. The second-order valence-electron chi connectivity index (χ2n) is 0.724. The number of aliphatic hydroxyl groups is 1. The van der Waals surface area contributed by atoms with Gasteiger partial charge < -0.3 is 5.11 Å². The summed E-state index contributed by atoms with van der Waals surface area (Å²) in [4.78, 5) is 0. The molecule has 1 nitrogen and oxygen atoms in total. The van der Waals surface area contributed by atoms with E-state index in [0.29, 0.717) is 6.61 Å². The molecule has 0 radical (unpaired) electrons. The molecule has 0 aliphatic rings. The molecule has 5 heavy (non-hydrogen) atoms. The van der Waals surface area contributed by atoms with Gasteiger partial charge >= 0.3 is 23.1 Å². The molecule has 0 unspecified atom stereocenters. The molecule has 0 aliphatic heterocycles. The molecule has 0 saturated carbocycles. The zero-order chi connectivity index (χ0) is 3.41. The Hall–Kier alpha value is 0.726. The van der Waals surface area contributed by atoms with E-state index in [4.69, 9.17) is 5.11 Å². The van der Waals surface area contributed by atoms with Crippen LogP contribution in [0.15, 0.2) is 0 Å². The summed E-state index contributed by atoms with van der Waals surface area (Å²) in [6.45, 7) is 2.25. The molecule has 30 valence electrons. The van der Waals surface area contributed by atoms with E-state index in [9.17, 15) is 0 Å². The molecule has 0 spiro atoms. The zero-order valence-electron chi connectivity index (χ0n) is 2.86. The van der Waals surface area contributed by atoms with Crippen molar-refractivity contribution in [3.8, 4) is 0 Å². The third-order valence-corrected chi connectivity index (χ3v) is 0.224. The van der Waals surface area contributed by atoms with E-state index in [-0.39, 0.29) is 23.1 Å². The average molecular weight is 86.4 g/mol. The quantitative estimate of drug-likeness (QED) is 0.426. The number of rotatable bonds is 1. The lowest BCUT2D eigenvalue weighted by molar-refractivity contribution is 0.295. The highest BCUT2D eigenvalue weighted by molar-refractivity contribution is 5.75. The molecular formula is C3H10MgO. The van der Waals surface area contributed by atoms with E-state index in [0.717, 1.165) is 6.42 Å². The fourth-order valence-electron chi connectivity index (χ4n) is 0. The van der Waals surface area contributed by atoms with Gasteiger partial charge in [-0.2, -0.15) is 0 Å². The second kappa shape index (κ2) is 8.83. The first-order valence-electron chi connectivity index (χ1n) is 1.52. The van der Waals surface area contributed by atoms with Crippen molar-refractivity contribution in [3.05, 3.63) is 0 Å². The van der Waals surface area contributed by atoms with Crippen LogP contribution in [0.4, 0.5) is 0 Å². The van der Waals surface area contributed by atoms with Crippen molar-refractivity contribution in [1.82, 2.24) is 0 Å². The first-order valence-corrected chi connectivity index (χ1v) is 1.52. The van der Waals surface area contributed by atoms with E-state index in [2.05, 4.69) is 0 Å². The minimum Gasteiger partial charge on any atom is -0.396 e. The molecule has 0 atom stereocenters. The van der Waals surface area contributed by atoms with E-state index >= 15 is 0 Å². The summed E-state index contributed by atoms with van der Waals surface area (Å²) < 4.78 is 0. The van der Waals surface area contributed by atoms with Crippen LogP contribution in [0.25, 0.3) is 0 Å². The Labute approximate surface area is 48.5 Å². The Morgan fingerprint density at radius 3 is 1.80 bits per heavy atom. The Bertz CT molecular complexity index is 8.85. The van der Waals surface area contributed by atoms with Crippen LogP contribution in [-0.2, 0) is 0 Å². The largest absolute Gasteiger partial charge is 0.396 e. The number of hydrogen-bond acceptors (Lipinski definition) is 1. The lowest BCUT2D eigenvalue weighted by Gasteiger charge is -1.69. The SMILES string of the molecule is CCCO.[MgH2]. The monoisotopic (exact) mass is 86.1 g/mol. The Kier molecular flexibility index (Phi) is 16.3. The highest BCUT2D eigenvalue weighted by atomic mass is 24.3. The molecule has 0 aliphatic carbocycles. The van der Waals surface area contributed by atoms with Crippen LogP contribution in [0.2, 0.25) is 0 Å². The average Bonchev–Trinajstić information content (AvgIpc) is 1.37. The van der Waals surface area contributed by atoms with Crippen molar-refractivity contribution in [2.45, 2.75) is 13.3 Å². The summed E-state index contributed by atoms with van der Waals surface area (Å²) in [5.74, 6) is 0. The normalized spacial score (nSPS) is 6.00. The van der Waals surface area contributed by atoms with E-state index < -0.39 is 0 Å². The van der Waals surface area contributed by atoms with Gasteiger partial charge in [0.1, 0.15) is 0 Å². The zero-order valence-corrected chi connectivity index (χ0v) is 2.86. The predicted molar refractivity (Wildman–Crippen MR) is 25.9 cm³/mol. The van der Waals surface area contributed by atoms with Crippen LogP contribution in [0, 0.1) is 0 Å². The summed E-state index contributed by atoms with van der Waals surface area (Å²) in [7, 11) is 0. The molecule has 0 bridgehead atoms. The molecule has 0 heterocycles. The van der Waals surface area contributed by atoms with Gasteiger partial charge in [0.05, 0.1) is 0 Å². The Balaban J connectivity index is 0. The maximum absolute atomic E-state index is 7.88. The van der Waals surface area contributed by atoms with E-state index in [1.807, 2.05) is 6.92 Å². The highest BCUT2D eigenvalue weighted by Crippen LogP contribution is 1.61. The minimum atomic E-state index is 0. The van der Waals surface area contributed by atoms with Crippen molar-refractivity contribution in [2.75, 3.05) is 6.61 Å². The molecule has 0 aromatic rings. The molecule has 1 N–H and O–H groups in total. The van der Waals surface area contributed by atoms with Crippen molar-refractivity contribution in [2.24, 2.45) is 0 Å². The smallest absolute Gasteiger partial charge is 0.316 e. The summed E-state index contributed by atoms with van der Waals surface area (Å²) >= 11 is 0. The standard InChI is InChI=1S/C3H8O.Mg.2H/c1-2-3-4;;;/h4H,2-3H2,1H3;;;. The van der Waals surface area contributed by atoms with Crippen LogP contribution >= 0.6 is 0 Å². The van der Waals surface area contributed by atoms with Gasteiger partial charge in [-0.25, -0.2) is 0 Å². The molecular weight excluding hydrogens is 76.3 g/mol. The first kappa shape index (κ1) is 9.21. The Morgan fingerprint density at radius 1 is 1.60 bits per heavy atom. The third-order valence-electron chi connectivity index (χ3n) is 0.224. The minimum absolute atomic E-state index is 0. The molecule has 0 fully saturated rings. The summed E-state index contributed by atoms with van der Waals surface area (Å²) in [5.41, 5.74) is 0. The Morgan fingerprint density at radius 2 is 1.80 bits per heavy atom. The summed E-state index contributed by atoms with van der Waals surface area (Å²) in [5, 5.41) is 7.88. The lowest BCUT2D eigenvalue weighted by Crippen LogP contribution is -1.69. The molecule has 0 rings (SSSR count). The van der Waals surface area contributed by atoms with Gasteiger partial charge in [-0.05, 0) is 6.42 Å². The van der Waals surface area contributed by atoms with Crippen LogP contribution < -0.4 is 0 Å². The number of aliphatic hydroxyl groups excluding tert-OH is 1. The van der Waals surface area contributed by atoms with Gasteiger partial charge in [0.2, 0.25) is 0 Å². The van der Waals surface area contributed by atoms with Crippen LogP contribution in [0.3, 0.4) is 0 Å². The van der Waals surface area contributed by atoms with Crippen molar-refractivity contribution in [3.63, 3.8) is 0 Å². The van der Waals surface area contributed by atoms with Gasteiger partial charge in [0.15, 0.2) is 0 Å². The maximum Gasteiger partial charge on any atom is 0.316 e. The number of hydrogen-bond donors (Lipinski definition) is 1. The van der Waals surface area contributed by atoms with Crippen LogP contribution in [0.5, 0.6) is 0 Å². The fourth-order valence-corrected chi connectivity index (χ4v) is 0. The van der Waals surface area contributed by atoms with Crippen LogP contribution in [-0.4, -0.2) is 34.8 Å². The van der Waals surface area contributed by atoms with Gasteiger partial charge in [-0.15, -0.1) is 0 Å². The highest BCUT2D eigenvalue weighted by Gasteiger charge is 1.57. The second-order valence-corrected chi connectivity index (χ2v) is 0.724. The lowest BCUT2D eigenvalue weighted by atomic mass is 10.5. The molecule has 0 amide bonds. The maximum atomic E-state index is 7.88. The van der Waals surface area contributed by atoms with Crippen molar-refractivity contribution >= 4 is 23.1 Å². The molecule has 0 aromatic carbocycles. The van der Waals surface area contributed by atoms with E-state index in [1.54, 1.807) is 0 Å². The van der Waals surface area contributed by atoms with Gasteiger partial charge in [0.25, 0.3) is 0 Å². The van der Waals surface area contributed by atoms with E-state index in [1.165, 1.54) is 0 Å². The fraction of sp³-hybridized carbons (Fsp3) is 1.00.